The van der Waals surface area contributed by atoms with Crippen LogP contribution in [0.25, 0.3) is 10.9 Å². The van der Waals surface area contributed by atoms with E-state index in [1.165, 1.54) is 6.33 Å². The van der Waals surface area contributed by atoms with E-state index in [1.54, 1.807) is 36.4 Å². The minimum Gasteiger partial charge on any atom is -0.438 e. The summed E-state index contributed by atoms with van der Waals surface area (Å²) in [6.45, 7) is 0. The Morgan fingerprint density at radius 1 is 1.00 bits per heavy atom. The minimum atomic E-state index is 0.472. The Balaban J connectivity index is 2.05. The second kappa shape index (κ2) is 4.74. The van der Waals surface area contributed by atoms with Crippen molar-refractivity contribution in [3.8, 4) is 11.6 Å². The van der Waals surface area contributed by atoms with Gasteiger partial charge in [0.05, 0.1) is 10.9 Å². The van der Waals surface area contributed by atoms with Crippen LogP contribution in [0.5, 0.6) is 11.6 Å². The van der Waals surface area contributed by atoms with Crippen molar-refractivity contribution in [3.05, 3.63) is 53.8 Å². The van der Waals surface area contributed by atoms with E-state index in [1.807, 2.05) is 6.07 Å². The predicted molar refractivity (Wildman–Crippen MR) is 75.5 cm³/mol. The largest absolute Gasteiger partial charge is 0.438 e. The number of nitrogens with two attached hydrogens (primary N) is 1. The van der Waals surface area contributed by atoms with Crippen molar-refractivity contribution in [3.63, 3.8) is 0 Å². The number of ether oxygens (including phenoxy) is 1. The Bertz CT molecular complexity index is 728. The Morgan fingerprint density at radius 2 is 1.79 bits per heavy atom. The van der Waals surface area contributed by atoms with Gasteiger partial charge in [-0.1, -0.05) is 11.6 Å². The van der Waals surface area contributed by atoms with Crippen LogP contribution in [0, 0.1) is 0 Å². The van der Waals surface area contributed by atoms with E-state index in [4.69, 9.17) is 22.1 Å². The highest BCUT2D eigenvalue weighted by atomic mass is 35.5. The molecule has 0 saturated heterocycles. The molecule has 0 aliphatic carbocycles. The summed E-state index contributed by atoms with van der Waals surface area (Å²) in [6.07, 6.45) is 1.46. The molecule has 0 saturated carbocycles. The zero-order chi connectivity index (χ0) is 13.2. The van der Waals surface area contributed by atoms with Crippen molar-refractivity contribution in [1.29, 1.82) is 0 Å². The molecule has 0 unspecified atom stereocenters. The molecule has 0 radical (unpaired) electrons. The van der Waals surface area contributed by atoms with Gasteiger partial charge in [-0.05, 0) is 42.5 Å². The number of benzene rings is 2. The number of hydrogen-bond donors (Lipinski definition) is 1. The molecule has 4 nitrogen and oxygen atoms in total. The van der Waals surface area contributed by atoms with E-state index in [2.05, 4.69) is 9.97 Å². The summed E-state index contributed by atoms with van der Waals surface area (Å²) in [6, 6.07) is 12.5. The molecule has 0 atom stereocenters. The third-order valence-corrected chi connectivity index (χ3v) is 2.90. The van der Waals surface area contributed by atoms with E-state index in [-0.39, 0.29) is 0 Å². The van der Waals surface area contributed by atoms with Crippen LogP contribution in [0.2, 0.25) is 5.02 Å². The Hall–Kier alpha value is -2.33. The summed E-state index contributed by atoms with van der Waals surface area (Å²) < 4.78 is 5.74. The van der Waals surface area contributed by atoms with Gasteiger partial charge < -0.3 is 10.5 Å². The number of halogens is 1. The monoisotopic (exact) mass is 271 g/mol. The van der Waals surface area contributed by atoms with Crippen LogP contribution in [0.15, 0.2) is 48.8 Å². The third-order valence-electron chi connectivity index (χ3n) is 2.65. The van der Waals surface area contributed by atoms with Gasteiger partial charge >= 0.3 is 0 Å². The second-order valence-electron chi connectivity index (χ2n) is 4.01. The molecule has 3 rings (SSSR count). The van der Waals surface area contributed by atoms with Crippen molar-refractivity contribution >= 4 is 28.2 Å². The summed E-state index contributed by atoms with van der Waals surface area (Å²) in [5, 5.41) is 1.43. The summed E-state index contributed by atoms with van der Waals surface area (Å²) >= 11 is 5.83. The molecular weight excluding hydrogens is 262 g/mol. The van der Waals surface area contributed by atoms with Gasteiger partial charge in [-0.2, -0.15) is 0 Å². The van der Waals surface area contributed by atoms with Crippen molar-refractivity contribution in [2.75, 3.05) is 5.73 Å². The van der Waals surface area contributed by atoms with Crippen LogP contribution in [-0.2, 0) is 0 Å². The fraction of sp³-hybridized carbons (Fsp3) is 0. The number of fused-ring (bicyclic) bond motifs is 1. The molecule has 0 aliphatic heterocycles. The first kappa shape index (κ1) is 11.7. The Labute approximate surface area is 114 Å². The standard InChI is InChI=1S/C14H10ClN3O/c15-9-1-4-11(5-2-9)19-14-12-7-10(16)3-6-13(12)17-8-18-14/h1-8H,16H2. The number of nitrogen functional groups attached to an aromatic ring is 1. The molecule has 1 aromatic heterocycles. The lowest BCUT2D eigenvalue weighted by Crippen LogP contribution is -1.92. The van der Waals surface area contributed by atoms with E-state index in [9.17, 15) is 0 Å². The zero-order valence-corrected chi connectivity index (χ0v) is 10.6. The molecule has 94 valence electrons. The number of rotatable bonds is 2. The molecule has 0 spiro atoms. The van der Waals surface area contributed by atoms with Crippen molar-refractivity contribution in [2.24, 2.45) is 0 Å². The maximum atomic E-state index is 5.83. The van der Waals surface area contributed by atoms with Gasteiger partial charge in [0.15, 0.2) is 0 Å². The fourth-order valence-electron chi connectivity index (χ4n) is 1.75. The first-order valence-electron chi connectivity index (χ1n) is 5.66. The zero-order valence-electron chi connectivity index (χ0n) is 9.88. The van der Waals surface area contributed by atoms with Gasteiger partial charge in [0.1, 0.15) is 12.1 Å². The molecule has 2 aromatic carbocycles. The number of hydrogen-bond acceptors (Lipinski definition) is 4. The van der Waals surface area contributed by atoms with Crippen LogP contribution >= 0.6 is 11.6 Å². The topological polar surface area (TPSA) is 61.0 Å². The van der Waals surface area contributed by atoms with Crippen LogP contribution in [0.3, 0.4) is 0 Å². The molecule has 19 heavy (non-hydrogen) atoms. The van der Waals surface area contributed by atoms with E-state index in [0.717, 1.165) is 10.9 Å². The Morgan fingerprint density at radius 3 is 2.58 bits per heavy atom. The highest BCUT2D eigenvalue weighted by molar-refractivity contribution is 6.30. The second-order valence-corrected chi connectivity index (χ2v) is 4.45. The fourth-order valence-corrected chi connectivity index (χ4v) is 1.87. The molecular formula is C14H10ClN3O. The first-order chi connectivity index (χ1) is 9.22. The van der Waals surface area contributed by atoms with Gasteiger partial charge in [0.2, 0.25) is 5.88 Å². The lowest BCUT2D eigenvalue weighted by molar-refractivity contribution is 0.468. The number of anilines is 1. The lowest BCUT2D eigenvalue weighted by Gasteiger charge is -2.07. The van der Waals surface area contributed by atoms with E-state index < -0.39 is 0 Å². The molecule has 0 aliphatic rings. The molecule has 0 fully saturated rings. The third kappa shape index (κ3) is 2.44. The average Bonchev–Trinajstić information content (AvgIpc) is 2.42. The highest BCUT2D eigenvalue weighted by Crippen LogP contribution is 2.28. The lowest BCUT2D eigenvalue weighted by atomic mass is 10.2. The molecule has 5 heteroatoms. The smallest absolute Gasteiger partial charge is 0.230 e. The van der Waals surface area contributed by atoms with Gasteiger partial charge in [-0.15, -0.1) is 0 Å². The van der Waals surface area contributed by atoms with E-state index in [0.29, 0.717) is 22.3 Å². The van der Waals surface area contributed by atoms with Crippen molar-refractivity contribution in [1.82, 2.24) is 9.97 Å². The molecule has 0 bridgehead atoms. The molecule has 1 heterocycles. The van der Waals surface area contributed by atoms with Crippen LogP contribution in [-0.4, -0.2) is 9.97 Å². The van der Waals surface area contributed by atoms with Gasteiger partial charge in [0, 0.05) is 10.7 Å². The number of nitrogens with zero attached hydrogens (tertiary/aromatic N) is 2. The van der Waals surface area contributed by atoms with Crippen LogP contribution in [0.4, 0.5) is 5.69 Å². The SMILES string of the molecule is Nc1ccc2ncnc(Oc3ccc(Cl)cc3)c2c1. The molecule has 0 amide bonds. The highest BCUT2D eigenvalue weighted by Gasteiger charge is 2.06. The normalized spacial score (nSPS) is 10.6. The van der Waals surface area contributed by atoms with Gasteiger partial charge in [0.25, 0.3) is 0 Å². The molecule has 2 N–H and O–H groups in total. The average molecular weight is 272 g/mol. The maximum absolute atomic E-state index is 5.83. The quantitative estimate of drug-likeness (QED) is 0.723. The van der Waals surface area contributed by atoms with Gasteiger partial charge in [-0.25, -0.2) is 9.97 Å². The summed E-state index contributed by atoms with van der Waals surface area (Å²) in [7, 11) is 0. The van der Waals surface area contributed by atoms with Crippen molar-refractivity contribution in [2.45, 2.75) is 0 Å². The predicted octanol–water partition coefficient (Wildman–Crippen LogP) is 3.66. The minimum absolute atomic E-state index is 0.472. The molecule has 3 aromatic rings. The summed E-state index contributed by atoms with van der Waals surface area (Å²) in [4.78, 5) is 8.31. The van der Waals surface area contributed by atoms with Gasteiger partial charge in [-0.3, -0.25) is 0 Å². The van der Waals surface area contributed by atoms with Crippen LogP contribution in [0.1, 0.15) is 0 Å². The summed E-state index contributed by atoms with van der Waals surface area (Å²) in [5.41, 5.74) is 7.20. The van der Waals surface area contributed by atoms with Crippen molar-refractivity contribution < 1.29 is 4.74 Å². The maximum Gasteiger partial charge on any atom is 0.230 e. The number of aromatic nitrogens is 2. The first-order valence-corrected chi connectivity index (χ1v) is 6.04. The summed E-state index contributed by atoms with van der Waals surface area (Å²) in [5.74, 6) is 1.13. The van der Waals surface area contributed by atoms with Crippen LogP contribution < -0.4 is 10.5 Å². The Kier molecular flexibility index (Phi) is 2.93. The van der Waals surface area contributed by atoms with E-state index >= 15 is 0 Å².